The molecule has 0 aliphatic heterocycles. The van der Waals surface area contributed by atoms with Crippen molar-refractivity contribution in [3.05, 3.63) is 0 Å². The third kappa shape index (κ3) is 3.67. The Morgan fingerprint density at radius 1 is 1.60 bits per heavy atom. The first-order valence-electron chi connectivity index (χ1n) is 1.78. The zero-order valence-corrected chi connectivity index (χ0v) is 3.65. The maximum absolute atomic E-state index is 6.53. The highest BCUT2D eigenvalue weighted by Gasteiger charge is 1.75. The van der Waals surface area contributed by atoms with Gasteiger partial charge in [-0.25, -0.2) is 0 Å². The molecule has 0 heterocycles. The molecule has 0 rings (SSSR count). The van der Waals surface area contributed by atoms with E-state index in [-0.39, 0.29) is 0 Å². The van der Waals surface area contributed by atoms with Crippen molar-refractivity contribution in [1.82, 2.24) is 0 Å². The van der Waals surface area contributed by atoms with Gasteiger partial charge >= 0.3 is 0 Å². The molecular weight excluding hydrogens is 62.1 g/mol. The molecule has 0 saturated heterocycles. The molecule has 0 saturated carbocycles. The van der Waals surface area contributed by atoms with E-state index in [2.05, 4.69) is 0 Å². The second kappa shape index (κ2) is 1.94. The summed E-state index contributed by atoms with van der Waals surface area (Å²) >= 11 is 0. The molecule has 0 bridgehead atoms. The van der Waals surface area contributed by atoms with Crippen LogP contribution in [0.25, 0.3) is 0 Å². The summed E-state index contributed by atoms with van der Waals surface area (Å²) in [4.78, 5) is 0. The van der Waals surface area contributed by atoms with Crippen molar-refractivity contribution in [1.29, 1.82) is 5.41 Å². The zero-order valence-electron chi connectivity index (χ0n) is 3.65. The smallest absolute Gasteiger partial charge is 0.00223 e. The summed E-state index contributed by atoms with van der Waals surface area (Å²) in [6, 6.07) is 0. The first kappa shape index (κ1) is 4.67. The van der Waals surface area contributed by atoms with Crippen LogP contribution in [0.1, 0.15) is 13.8 Å². The summed E-state index contributed by atoms with van der Waals surface area (Å²) in [5.74, 6) is 0.426. The normalized spacial score (nSPS) is 8.60. The molecule has 0 amide bonds. The molecule has 0 unspecified atom stereocenters. The summed E-state index contributed by atoms with van der Waals surface area (Å²) < 4.78 is 0. The second-order valence-corrected chi connectivity index (χ2v) is 1.41. The van der Waals surface area contributed by atoms with Gasteiger partial charge in [0, 0.05) is 0 Å². The predicted molar refractivity (Wildman–Crippen MR) is 23.6 cm³/mol. The van der Waals surface area contributed by atoms with Gasteiger partial charge in [-0.3, -0.25) is 0 Å². The van der Waals surface area contributed by atoms with Crippen molar-refractivity contribution in [2.75, 3.05) is 0 Å². The van der Waals surface area contributed by atoms with Crippen LogP contribution in [0, 0.1) is 11.3 Å². The first-order chi connectivity index (χ1) is 2.27. The SMILES string of the molecule is CC(C)C=N. The molecule has 0 fully saturated rings. The third-order valence-electron chi connectivity index (χ3n) is 0.333. The molecule has 0 aliphatic carbocycles. The highest BCUT2D eigenvalue weighted by molar-refractivity contribution is 5.55. The Morgan fingerprint density at radius 2 is 1.80 bits per heavy atom. The highest BCUT2D eigenvalue weighted by atomic mass is 14.3. The van der Waals surface area contributed by atoms with Crippen LogP contribution in [-0.2, 0) is 0 Å². The van der Waals surface area contributed by atoms with Crippen LogP contribution in [0.3, 0.4) is 0 Å². The minimum atomic E-state index is 0.426. The molecule has 30 valence electrons. The molecule has 5 heavy (non-hydrogen) atoms. The van der Waals surface area contributed by atoms with Gasteiger partial charge in [-0.15, -0.1) is 0 Å². The predicted octanol–water partition coefficient (Wildman–Crippen LogP) is 1.29. The molecular formula is C4H9N. The van der Waals surface area contributed by atoms with E-state index in [1.54, 1.807) is 0 Å². The van der Waals surface area contributed by atoms with E-state index >= 15 is 0 Å². The summed E-state index contributed by atoms with van der Waals surface area (Å²) in [6.07, 6.45) is 1.42. The van der Waals surface area contributed by atoms with Crippen LogP contribution in [-0.4, -0.2) is 6.21 Å². The van der Waals surface area contributed by atoms with Crippen molar-refractivity contribution in [3.63, 3.8) is 0 Å². The van der Waals surface area contributed by atoms with Crippen molar-refractivity contribution < 1.29 is 0 Å². The largest absolute Gasteiger partial charge is 0.313 e. The topological polar surface area (TPSA) is 23.9 Å². The molecule has 0 spiro atoms. The van der Waals surface area contributed by atoms with Crippen molar-refractivity contribution in [2.24, 2.45) is 5.92 Å². The van der Waals surface area contributed by atoms with Crippen molar-refractivity contribution in [3.8, 4) is 0 Å². The minimum absolute atomic E-state index is 0.426. The fourth-order valence-electron chi connectivity index (χ4n) is 0. The van der Waals surface area contributed by atoms with E-state index in [9.17, 15) is 0 Å². The van der Waals surface area contributed by atoms with E-state index in [1.807, 2.05) is 13.8 Å². The lowest BCUT2D eigenvalue weighted by atomic mass is 10.3. The fourth-order valence-corrected chi connectivity index (χ4v) is 0. The average molecular weight is 71.1 g/mol. The van der Waals surface area contributed by atoms with Gasteiger partial charge in [-0.2, -0.15) is 0 Å². The number of hydrogen-bond acceptors (Lipinski definition) is 1. The average Bonchev–Trinajstić information content (AvgIpc) is 1.38. The lowest BCUT2D eigenvalue weighted by molar-refractivity contribution is 0.902. The standard InChI is InChI=1S/C4H9N/c1-4(2)3-5/h3-5H,1-2H3. The lowest BCUT2D eigenvalue weighted by Gasteiger charge is -1.82. The molecule has 0 atom stereocenters. The molecule has 0 aromatic rings. The Bertz CT molecular complexity index is 30.6. The van der Waals surface area contributed by atoms with Crippen LogP contribution in [0.4, 0.5) is 0 Å². The molecule has 1 N–H and O–H groups in total. The Labute approximate surface area is 32.5 Å². The van der Waals surface area contributed by atoms with E-state index in [0.717, 1.165) is 0 Å². The lowest BCUT2D eigenvalue weighted by Crippen LogP contribution is -1.81. The first-order valence-corrected chi connectivity index (χ1v) is 1.78. The fraction of sp³-hybridized carbons (Fsp3) is 0.750. The third-order valence-corrected chi connectivity index (χ3v) is 0.333. The van der Waals surface area contributed by atoms with Gasteiger partial charge in [0.25, 0.3) is 0 Å². The van der Waals surface area contributed by atoms with Crippen molar-refractivity contribution in [2.45, 2.75) is 13.8 Å². The Kier molecular flexibility index (Phi) is 1.81. The highest BCUT2D eigenvalue weighted by Crippen LogP contribution is 1.79. The summed E-state index contributed by atoms with van der Waals surface area (Å²) in [7, 11) is 0. The van der Waals surface area contributed by atoms with Crippen LogP contribution >= 0.6 is 0 Å². The molecule has 0 aromatic carbocycles. The molecule has 1 heteroatoms. The minimum Gasteiger partial charge on any atom is -0.313 e. The maximum atomic E-state index is 6.53. The van der Waals surface area contributed by atoms with Crippen LogP contribution in [0.2, 0.25) is 0 Å². The quantitative estimate of drug-likeness (QED) is 0.450. The van der Waals surface area contributed by atoms with Crippen LogP contribution in [0.15, 0.2) is 0 Å². The van der Waals surface area contributed by atoms with Gasteiger partial charge in [0.05, 0.1) is 0 Å². The summed E-state index contributed by atoms with van der Waals surface area (Å²) in [6.45, 7) is 3.96. The number of nitrogens with one attached hydrogen (secondary N) is 1. The monoisotopic (exact) mass is 71.1 g/mol. The van der Waals surface area contributed by atoms with E-state index < -0.39 is 0 Å². The van der Waals surface area contributed by atoms with Gasteiger partial charge in [-0.05, 0) is 12.1 Å². The summed E-state index contributed by atoms with van der Waals surface area (Å²) in [5, 5.41) is 6.53. The van der Waals surface area contributed by atoms with Gasteiger partial charge in [0.1, 0.15) is 0 Å². The number of rotatable bonds is 1. The van der Waals surface area contributed by atoms with E-state index in [0.29, 0.717) is 5.92 Å². The molecule has 0 aliphatic rings. The second-order valence-electron chi connectivity index (χ2n) is 1.41. The van der Waals surface area contributed by atoms with E-state index in [4.69, 9.17) is 5.41 Å². The summed E-state index contributed by atoms with van der Waals surface area (Å²) in [5.41, 5.74) is 0. The van der Waals surface area contributed by atoms with Gasteiger partial charge < -0.3 is 5.41 Å². The maximum Gasteiger partial charge on any atom is -0.00223 e. The molecule has 0 radical (unpaired) electrons. The molecule has 1 nitrogen and oxygen atoms in total. The van der Waals surface area contributed by atoms with E-state index in [1.165, 1.54) is 6.21 Å². The Morgan fingerprint density at radius 3 is 1.80 bits per heavy atom. The van der Waals surface area contributed by atoms with Crippen LogP contribution < -0.4 is 0 Å². The van der Waals surface area contributed by atoms with Crippen LogP contribution in [0.5, 0.6) is 0 Å². The van der Waals surface area contributed by atoms with Crippen molar-refractivity contribution >= 4 is 6.21 Å². The Balaban J connectivity index is 2.83. The zero-order chi connectivity index (χ0) is 4.28. The molecule has 0 aromatic heterocycles. The van der Waals surface area contributed by atoms with Gasteiger partial charge in [0.15, 0.2) is 0 Å². The van der Waals surface area contributed by atoms with Gasteiger partial charge in [0.2, 0.25) is 0 Å². The Hall–Kier alpha value is -0.330. The number of hydrogen-bond donors (Lipinski definition) is 1. The van der Waals surface area contributed by atoms with Gasteiger partial charge in [-0.1, -0.05) is 13.8 Å².